The van der Waals surface area contributed by atoms with Gasteiger partial charge in [0, 0.05) is 10.6 Å². The smallest absolute Gasteiger partial charge is 0.225 e. The summed E-state index contributed by atoms with van der Waals surface area (Å²) >= 11 is 7.98. The molecule has 0 atom stereocenters. The van der Waals surface area contributed by atoms with Gasteiger partial charge in [0.2, 0.25) is 5.28 Å². The predicted octanol–water partition coefficient (Wildman–Crippen LogP) is 5.97. The van der Waals surface area contributed by atoms with E-state index in [1.165, 1.54) is 46.2 Å². The normalized spacial score (nSPS) is 14.5. The summed E-state index contributed by atoms with van der Waals surface area (Å²) in [4.78, 5) is 11.5. The van der Waals surface area contributed by atoms with Gasteiger partial charge in [-0.15, -0.1) is 11.3 Å². The lowest BCUT2D eigenvalue weighted by atomic mass is 10.1. The molecule has 3 aromatic rings. The van der Waals surface area contributed by atoms with Crippen molar-refractivity contribution < 1.29 is 0 Å². The summed E-state index contributed by atoms with van der Waals surface area (Å²) in [5.41, 5.74) is 4.97. The summed E-state index contributed by atoms with van der Waals surface area (Å²) in [7, 11) is 0. The van der Waals surface area contributed by atoms with Gasteiger partial charge in [-0.2, -0.15) is 4.98 Å². The van der Waals surface area contributed by atoms with E-state index in [1.54, 1.807) is 11.3 Å². The first-order valence-electron chi connectivity index (χ1n) is 8.44. The average Bonchev–Trinajstić information content (AvgIpc) is 2.72. The standard InChI is InChI=1S/C19H20ClN3S/c1-11-8-9-14(12(2)10-11)21-17-16-13-6-4-3-5-7-15(13)24-18(16)23-19(20)22-17/h8-10H,3-7H2,1-2H3,(H,21,22,23). The Bertz CT molecular complexity index is 917. The molecule has 4 rings (SSSR count). The number of hydrogen-bond acceptors (Lipinski definition) is 4. The highest BCUT2D eigenvalue weighted by Gasteiger charge is 2.20. The van der Waals surface area contributed by atoms with Crippen LogP contribution in [0.3, 0.4) is 0 Å². The second kappa shape index (κ2) is 6.34. The van der Waals surface area contributed by atoms with Gasteiger partial charge in [-0.25, -0.2) is 4.98 Å². The molecule has 0 unspecified atom stereocenters. The highest BCUT2D eigenvalue weighted by Crippen LogP contribution is 2.39. The van der Waals surface area contributed by atoms with Gasteiger partial charge in [0.05, 0.1) is 5.39 Å². The zero-order valence-corrected chi connectivity index (χ0v) is 15.5. The fourth-order valence-corrected chi connectivity index (χ4v) is 4.96. The van der Waals surface area contributed by atoms with Crippen LogP contribution < -0.4 is 5.32 Å². The lowest BCUT2D eigenvalue weighted by molar-refractivity contribution is 0.713. The Morgan fingerprint density at radius 1 is 1.08 bits per heavy atom. The second-order valence-corrected chi connectivity index (χ2v) is 7.95. The Balaban J connectivity index is 1.86. The second-order valence-electron chi connectivity index (χ2n) is 6.53. The summed E-state index contributed by atoms with van der Waals surface area (Å²) in [5.74, 6) is 0.844. The maximum Gasteiger partial charge on any atom is 0.225 e. The Morgan fingerprint density at radius 2 is 1.92 bits per heavy atom. The number of fused-ring (bicyclic) bond motifs is 3. The first kappa shape index (κ1) is 15.9. The number of thiophene rings is 1. The minimum Gasteiger partial charge on any atom is -0.339 e. The minimum absolute atomic E-state index is 0.311. The van der Waals surface area contributed by atoms with Crippen LogP contribution in [-0.2, 0) is 12.8 Å². The maximum absolute atomic E-state index is 6.20. The molecule has 2 heterocycles. The van der Waals surface area contributed by atoms with Crippen LogP contribution in [0.4, 0.5) is 11.5 Å². The van der Waals surface area contributed by atoms with Gasteiger partial charge < -0.3 is 5.32 Å². The molecule has 124 valence electrons. The zero-order chi connectivity index (χ0) is 16.7. The predicted molar refractivity (Wildman–Crippen MR) is 103 cm³/mol. The van der Waals surface area contributed by atoms with Gasteiger partial charge in [0.15, 0.2) is 0 Å². The van der Waals surface area contributed by atoms with E-state index in [1.807, 2.05) is 0 Å². The van der Waals surface area contributed by atoms with Crippen LogP contribution in [-0.4, -0.2) is 9.97 Å². The monoisotopic (exact) mass is 357 g/mol. The fraction of sp³-hybridized carbons (Fsp3) is 0.368. The molecule has 1 N–H and O–H groups in total. The molecule has 0 bridgehead atoms. The number of aryl methyl sites for hydroxylation is 4. The summed E-state index contributed by atoms with van der Waals surface area (Å²) in [6.45, 7) is 4.22. The van der Waals surface area contributed by atoms with E-state index in [2.05, 4.69) is 47.3 Å². The third kappa shape index (κ3) is 2.89. The topological polar surface area (TPSA) is 37.8 Å². The third-order valence-electron chi connectivity index (χ3n) is 4.67. The van der Waals surface area contributed by atoms with E-state index in [4.69, 9.17) is 11.6 Å². The molecule has 0 aliphatic heterocycles. The number of anilines is 2. The Kier molecular flexibility index (Phi) is 4.19. The summed E-state index contributed by atoms with van der Waals surface area (Å²) in [6.07, 6.45) is 6.07. The van der Waals surface area contributed by atoms with E-state index in [0.717, 1.165) is 29.2 Å². The SMILES string of the molecule is Cc1ccc(Nc2nc(Cl)nc3sc4c(c23)CCCCC4)c(C)c1. The van der Waals surface area contributed by atoms with Gasteiger partial charge in [0.1, 0.15) is 10.6 Å². The van der Waals surface area contributed by atoms with Gasteiger partial charge in [-0.3, -0.25) is 0 Å². The minimum atomic E-state index is 0.311. The van der Waals surface area contributed by atoms with E-state index in [0.29, 0.717) is 5.28 Å². The maximum atomic E-state index is 6.20. The van der Waals surface area contributed by atoms with Crippen LogP contribution in [0.5, 0.6) is 0 Å². The lowest BCUT2D eigenvalue weighted by Crippen LogP contribution is -1.99. The third-order valence-corrected chi connectivity index (χ3v) is 6.03. The van der Waals surface area contributed by atoms with Crippen LogP contribution in [0.2, 0.25) is 5.28 Å². The first-order chi connectivity index (χ1) is 11.6. The molecular weight excluding hydrogens is 338 g/mol. The fourth-order valence-electron chi connectivity index (χ4n) is 3.48. The largest absolute Gasteiger partial charge is 0.339 e. The average molecular weight is 358 g/mol. The van der Waals surface area contributed by atoms with Crippen molar-refractivity contribution in [2.24, 2.45) is 0 Å². The van der Waals surface area contributed by atoms with Gasteiger partial charge in [-0.05, 0) is 68.3 Å². The number of rotatable bonds is 2. The number of aromatic nitrogens is 2. The van der Waals surface area contributed by atoms with Crippen molar-refractivity contribution in [2.45, 2.75) is 46.0 Å². The molecule has 5 heteroatoms. The summed E-state index contributed by atoms with van der Waals surface area (Å²) in [6, 6.07) is 6.40. The first-order valence-corrected chi connectivity index (χ1v) is 9.63. The van der Waals surface area contributed by atoms with E-state index in [9.17, 15) is 0 Å². The number of hydrogen-bond donors (Lipinski definition) is 1. The highest BCUT2D eigenvalue weighted by molar-refractivity contribution is 7.19. The van der Waals surface area contributed by atoms with Gasteiger partial charge in [0.25, 0.3) is 0 Å². The zero-order valence-electron chi connectivity index (χ0n) is 13.9. The van der Waals surface area contributed by atoms with Crippen molar-refractivity contribution in [1.29, 1.82) is 0 Å². The van der Waals surface area contributed by atoms with Crippen LogP contribution in [0, 0.1) is 13.8 Å². The Labute approximate surface area is 151 Å². The molecule has 0 saturated heterocycles. The molecule has 1 aromatic carbocycles. The van der Waals surface area contributed by atoms with Crippen molar-refractivity contribution in [3.8, 4) is 0 Å². The summed E-state index contributed by atoms with van der Waals surface area (Å²) < 4.78 is 0. The molecule has 3 nitrogen and oxygen atoms in total. The molecular formula is C19H20ClN3S. The van der Waals surface area contributed by atoms with E-state index >= 15 is 0 Å². The molecule has 1 aliphatic carbocycles. The highest BCUT2D eigenvalue weighted by atomic mass is 35.5. The molecule has 2 aromatic heterocycles. The van der Waals surface area contributed by atoms with Crippen molar-refractivity contribution in [3.05, 3.63) is 45.1 Å². The number of nitrogens with zero attached hydrogens (tertiary/aromatic N) is 2. The Hall–Kier alpha value is -1.65. The Morgan fingerprint density at radius 3 is 2.75 bits per heavy atom. The van der Waals surface area contributed by atoms with Crippen LogP contribution in [0.25, 0.3) is 10.2 Å². The van der Waals surface area contributed by atoms with Gasteiger partial charge >= 0.3 is 0 Å². The molecule has 0 fully saturated rings. The van der Waals surface area contributed by atoms with Crippen LogP contribution >= 0.6 is 22.9 Å². The van der Waals surface area contributed by atoms with E-state index in [-0.39, 0.29) is 0 Å². The summed E-state index contributed by atoms with van der Waals surface area (Å²) in [5, 5.41) is 4.99. The number of nitrogens with one attached hydrogen (secondary N) is 1. The van der Waals surface area contributed by atoms with Crippen molar-refractivity contribution in [1.82, 2.24) is 9.97 Å². The van der Waals surface area contributed by atoms with Crippen LogP contribution in [0.1, 0.15) is 40.8 Å². The van der Waals surface area contributed by atoms with Crippen molar-refractivity contribution in [2.75, 3.05) is 5.32 Å². The van der Waals surface area contributed by atoms with Crippen LogP contribution in [0.15, 0.2) is 18.2 Å². The van der Waals surface area contributed by atoms with E-state index < -0.39 is 0 Å². The number of benzene rings is 1. The molecule has 24 heavy (non-hydrogen) atoms. The number of halogens is 1. The molecule has 0 amide bonds. The quantitative estimate of drug-likeness (QED) is 0.453. The lowest BCUT2D eigenvalue weighted by Gasteiger charge is -2.12. The van der Waals surface area contributed by atoms with Crippen molar-refractivity contribution in [3.63, 3.8) is 0 Å². The molecule has 0 spiro atoms. The molecule has 0 saturated carbocycles. The molecule has 1 aliphatic rings. The van der Waals surface area contributed by atoms with Crippen molar-refractivity contribution >= 4 is 44.7 Å². The molecule has 0 radical (unpaired) electrons. The van der Waals surface area contributed by atoms with Gasteiger partial charge in [-0.1, -0.05) is 24.1 Å².